The van der Waals surface area contributed by atoms with Crippen molar-refractivity contribution >= 4 is 18.4 Å². The highest BCUT2D eigenvalue weighted by Gasteiger charge is 2.12. The van der Waals surface area contributed by atoms with E-state index >= 15 is 0 Å². The Morgan fingerprint density at radius 2 is 2.00 bits per heavy atom. The van der Waals surface area contributed by atoms with Crippen molar-refractivity contribution in [3.05, 3.63) is 35.6 Å². The van der Waals surface area contributed by atoms with Gasteiger partial charge in [0.2, 0.25) is 0 Å². The van der Waals surface area contributed by atoms with Gasteiger partial charge >= 0.3 is 0 Å². The molecule has 0 saturated heterocycles. The first kappa shape index (κ1) is 12.8. The summed E-state index contributed by atoms with van der Waals surface area (Å²) in [5.74, 6) is 0.429. The third-order valence-electron chi connectivity index (χ3n) is 2.55. The summed E-state index contributed by atoms with van der Waals surface area (Å²) in [6.07, 6.45) is 0.872. The highest BCUT2D eigenvalue weighted by molar-refractivity contribution is 5.85. The van der Waals surface area contributed by atoms with E-state index in [9.17, 15) is 4.39 Å². The van der Waals surface area contributed by atoms with Crippen LogP contribution in [0.2, 0.25) is 0 Å². The van der Waals surface area contributed by atoms with Gasteiger partial charge in [0.05, 0.1) is 6.54 Å². The van der Waals surface area contributed by atoms with Crippen molar-refractivity contribution in [2.45, 2.75) is 6.42 Å². The summed E-state index contributed by atoms with van der Waals surface area (Å²) in [6, 6.07) is 6.57. The van der Waals surface area contributed by atoms with Gasteiger partial charge in [0.1, 0.15) is 5.82 Å². The van der Waals surface area contributed by atoms with E-state index in [0.29, 0.717) is 5.96 Å². The number of hydrogen-bond donors (Lipinski definition) is 1. The summed E-state index contributed by atoms with van der Waals surface area (Å²) in [7, 11) is 0. The lowest BCUT2D eigenvalue weighted by Crippen LogP contribution is -2.35. The zero-order valence-corrected chi connectivity index (χ0v) is 9.71. The van der Waals surface area contributed by atoms with E-state index in [-0.39, 0.29) is 18.2 Å². The predicted octanol–water partition coefficient (Wildman–Crippen LogP) is 1.42. The smallest absolute Gasteiger partial charge is 0.191 e. The number of nitrogens with zero attached hydrogens (tertiary/aromatic N) is 2. The first-order chi connectivity index (χ1) is 7.25. The molecule has 2 rings (SSSR count). The van der Waals surface area contributed by atoms with Crippen LogP contribution in [-0.4, -0.2) is 30.5 Å². The molecule has 0 fully saturated rings. The first-order valence-corrected chi connectivity index (χ1v) is 5.05. The lowest BCUT2D eigenvalue weighted by Gasteiger charge is -2.16. The van der Waals surface area contributed by atoms with Crippen molar-refractivity contribution in [3.63, 3.8) is 0 Å². The van der Waals surface area contributed by atoms with Gasteiger partial charge in [0.25, 0.3) is 0 Å². The molecule has 0 saturated carbocycles. The van der Waals surface area contributed by atoms with Crippen LogP contribution in [0.25, 0.3) is 0 Å². The average Bonchev–Trinajstić information content (AvgIpc) is 2.63. The molecule has 1 aliphatic heterocycles. The summed E-state index contributed by atoms with van der Waals surface area (Å²) in [5, 5.41) is 0. The molecule has 0 amide bonds. The van der Waals surface area contributed by atoms with E-state index in [4.69, 9.17) is 5.73 Å². The van der Waals surface area contributed by atoms with Gasteiger partial charge in [0.15, 0.2) is 5.96 Å². The molecule has 1 aliphatic rings. The maximum absolute atomic E-state index is 12.6. The minimum atomic E-state index is -0.194. The quantitative estimate of drug-likeness (QED) is 0.873. The van der Waals surface area contributed by atoms with E-state index in [1.54, 1.807) is 12.1 Å². The third-order valence-corrected chi connectivity index (χ3v) is 2.55. The molecule has 1 aromatic rings. The fourth-order valence-corrected chi connectivity index (χ4v) is 1.64. The molecule has 0 unspecified atom stereocenters. The lowest BCUT2D eigenvalue weighted by molar-refractivity contribution is 0.457. The average molecular weight is 244 g/mol. The van der Waals surface area contributed by atoms with Gasteiger partial charge in [-0.2, -0.15) is 0 Å². The number of nitrogens with two attached hydrogens (primary N) is 1. The van der Waals surface area contributed by atoms with Crippen molar-refractivity contribution in [2.75, 3.05) is 19.6 Å². The Morgan fingerprint density at radius 3 is 2.56 bits per heavy atom. The minimum absolute atomic E-state index is 0. The van der Waals surface area contributed by atoms with Gasteiger partial charge in [-0.3, -0.25) is 4.99 Å². The van der Waals surface area contributed by atoms with Crippen molar-refractivity contribution < 1.29 is 4.39 Å². The SMILES string of the molecule is Cl.NC1=NCCN1CCc1ccc(F)cc1. The van der Waals surface area contributed by atoms with Crippen LogP contribution >= 0.6 is 12.4 Å². The van der Waals surface area contributed by atoms with Crippen LogP contribution in [-0.2, 0) is 6.42 Å². The predicted molar refractivity (Wildman–Crippen MR) is 65.4 cm³/mol. The summed E-state index contributed by atoms with van der Waals surface area (Å²) in [6.45, 7) is 2.53. The standard InChI is InChI=1S/C11H14FN3.ClH/c12-10-3-1-9(2-4-10)5-7-15-8-6-14-11(15)13;/h1-4H,5-8H2,(H2,13,14);1H. The van der Waals surface area contributed by atoms with Crippen LogP contribution in [0, 0.1) is 5.82 Å². The molecule has 0 atom stereocenters. The first-order valence-electron chi connectivity index (χ1n) is 5.05. The second kappa shape index (κ2) is 5.70. The van der Waals surface area contributed by atoms with Gasteiger partial charge in [0, 0.05) is 13.1 Å². The van der Waals surface area contributed by atoms with Gasteiger partial charge in [-0.05, 0) is 24.1 Å². The Balaban J connectivity index is 0.00000128. The fourth-order valence-electron chi connectivity index (χ4n) is 1.64. The Hall–Kier alpha value is -1.29. The highest BCUT2D eigenvalue weighted by Crippen LogP contribution is 2.05. The monoisotopic (exact) mass is 243 g/mol. The number of guanidine groups is 1. The third kappa shape index (κ3) is 3.10. The highest BCUT2D eigenvalue weighted by atomic mass is 35.5. The number of aliphatic imine (C=N–C) groups is 1. The molecule has 0 aromatic heterocycles. The topological polar surface area (TPSA) is 41.6 Å². The van der Waals surface area contributed by atoms with Crippen molar-refractivity contribution in [3.8, 4) is 0 Å². The maximum Gasteiger partial charge on any atom is 0.191 e. The van der Waals surface area contributed by atoms with E-state index < -0.39 is 0 Å². The minimum Gasteiger partial charge on any atom is -0.370 e. The Labute approximate surface area is 101 Å². The number of rotatable bonds is 3. The van der Waals surface area contributed by atoms with E-state index in [1.165, 1.54) is 12.1 Å². The molecular weight excluding hydrogens is 229 g/mol. The van der Waals surface area contributed by atoms with E-state index in [0.717, 1.165) is 31.6 Å². The van der Waals surface area contributed by atoms with Crippen molar-refractivity contribution in [2.24, 2.45) is 10.7 Å². The van der Waals surface area contributed by atoms with Gasteiger partial charge in [-0.1, -0.05) is 12.1 Å². The normalized spacial score (nSPS) is 14.6. The van der Waals surface area contributed by atoms with Gasteiger partial charge in [-0.25, -0.2) is 4.39 Å². The number of hydrogen-bond acceptors (Lipinski definition) is 3. The molecule has 16 heavy (non-hydrogen) atoms. The molecule has 1 aromatic carbocycles. The molecule has 88 valence electrons. The van der Waals surface area contributed by atoms with Gasteiger partial charge < -0.3 is 10.6 Å². The summed E-state index contributed by atoms with van der Waals surface area (Å²) >= 11 is 0. The second-order valence-corrected chi connectivity index (χ2v) is 3.60. The van der Waals surface area contributed by atoms with E-state index in [2.05, 4.69) is 4.99 Å². The summed E-state index contributed by atoms with van der Waals surface area (Å²) in [4.78, 5) is 6.15. The largest absolute Gasteiger partial charge is 0.370 e. The molecule has 5 heteroatoms. The molecule has 3 nitrogen and oxygen atoms in total. The van der Waals surface area contributed by atoms with Crippen LogP contribution in [0.5, 0.6) is 0 Å². The van der Waals surface area contributed by atoms with Crippen LogP contribution in [0.3, 0.4) is 0 Å². The lowest BCUT2D eigenvalue weighted by atomic mass is 10.1. The Morgan fingerprint density at radius 1 is 1.31 bits per heavy atom. The molecule has 2 N–H and O–H groups in total. The molecule has 0 spiro atoms. The zero-order valence-electron chi connectivity index (χ0n) is 8.90. The van der Waals surface area contributed by atoms with Gasteiger partial charge in [-0.15, -0.1) is 12.4 Å². The van der Waals surface area contributed by atoms with E-state index in [1.807, 2.05) is 4.90 Å². The van der Waals surface area contributed by atoms with Crippen LogP contribution in [0.4, 0.5) is 4.39 Å². The molecule has 0 radical (unpaired) electrons. The van der Waals surface area contributed by atoms with Crippen molar-refractivity contribution in [1.82, 2.24) is 4.90 Å². The summed E-state index contributed by atoms with van der Waals surface area (Å²) in [5.41, 5.74) is 6.80. The maximum atomic E-state index is 12.6. The molecule has 1 heterocycles. The van der Waals surface area contributed by atoms with Crippen molar-refractivity contribution in [1.29, 1.82) is 0 Å². The molecule has 0 aliphatic carbocycles. The Bertz CT molecular complexity index is 364. The van der Waals surface area contributed by atoms with Crippen LogP contribution < -0.4 is 5.73 Å². The fraction of sp³-hybridized carbons (Fsp3) is 0.364. The number of halogens is 2. The molecular formula is C11H15ClFN3. The summed E-state index contributed by atoms with van der Waals surface area (Å²) < 4.78 is 12.6. The Kier molecular flexibility index (Phi) is 4.55. The van der Waals surface area contributed by atoms with Crippen LogP contribution in [0.15, 0.2) is 29.3 Å². The zero-order chi connectivity index (χ0) is 10.7. The number of benzene rings is 1. The second-order valence-electron chi connectivity index (χ2n) is 3.60. The molecule has 0 bridgehead atoms. The van der Waals surface area contributed by atoms with Crippen LogP contribution in [0.1, 0.15) is 5.56 Å².